The van der Waals surface area contributed by atoms with E-state index >= 15 is 0 Å². The monoisotopic (exact) mass is 236 g/mol. The Morgan fingerprint density at radius 2 is 2.06 bits per heavy atom. The smallest absolute Gasteiger partial charge is 0.339 e. The summed E-state index contributed by atoms with van der Waals surface area (Å²) >= 11 is 0. The van der Waals surface area contributed by atoms with Gasteiger partial charge in [0.1, 0.15) is 0 Å². The third-order valence-electron chi connectivity index (χ3n) is 1.73. The van der Waals surface area contributed by atoms with E-state index < -0.39 is 18.4 Å². The first-order chi connectivity index (χ1) is 7.29. The van der Waals surface area contributed by atoms with Crippen LogP contribution < -0.4 is 0 Å². The number of aromatic nitrogens is 2. The molecule has 1 rings (SSSR count). The van der Waals surface area contributed by atoms with Gasteiger partial charge in [0.15, 0.2) is 5.82 Å². The lowest BCUT2D eigenvalue weighted by molar-refractivity contribution is -0.170. The van der Waals surface area contributed by atoms with Crippen LogP contribution in [0, 0.1) is 5.92 Å². The van der Waals surface area contributed by atoms with Crippen molar-refractivity contribution < 1.29 is 22.5 Å². The number of alkyl halides is 3. The van der Waals surface area contributed by atoms with Gasteiger partial charge in [-0.3, -0.25) is 4.79 Å². The predicted molar refractivity (Wildman–Crippen MR) is 47.6 cm³/mol. The summed E-state index contributed by atoms with van der Waals surface area (Å²) < 4.78 is 40.3. The van der Waals surface area contributed by atoms with Crippen LogP contribution in [0.1, 0.15) is 25.6 Å². The highest BCUT2D eigenvalue weighted by Crippen LogP contribution is 2.18. The first-order valence-electron chi connectivity index (χ1n) is 4.70. The summed E-state index contributed by atoms with van der Waals surface area (Å²) in [5.74, 6) is -1.59. The Bertz CT molecular complexity index is 371. The van der Waals surface area contributed by atoms with Gasteiger partial charge in [-0.1, -0.05) is 19.0 Å². The lowest BCUT2D eigenvalue weighted by Gasteiger charge is -2.00. The minimum Gasteiger partial charge on any atom is -0.339 e. The van der Waals surface area contributed by atoms with Crippen LogP contribution in [0.2, 0.25) is 0 Å². The zero-order valence-corrected chi connectivity index (χ0v) is 8.84. The zero-order valence-electron chi connectivity index (χ0n) is 8.84. The van der Waals surface area contributed by atoms with E-state index in [9.17, 15) is 18.0 Å². The number of carbonyl (C=O) groups is 1. The summed E-state index contributed by atoms with van der Waals surface area (Å²) in [6.45, 7) is 3.83. The molecule has 0 atom stereocenters. The molecule has 0 radical (unpaired) electrons. The van der Waals surface area contributed by atoms with E-state index in [2.05, 4.69) is 14.7 Å². The first-order valence-corrected chi connectivity index (χ1v) is 4.70. The fraction of sp³-hybridized carbons (Fsp3) is 0.667. The largest absolute Gasteiger partial charge is 0.450 e. The van der Waals surface area contributed by atoms with E-state index in [1.165, 1.54) is 0 Å². The van der Waals surface area contributed by atoms with Crippen LogP contribution in [0.15, 0.2) is 4.52 Å². The van der Waals surface area contributed by atoms with E-state index in [4.69, 9.17) is 0 Å². The van der Waals surface area contributed by atoms with Gasteiger partial charge in [0.2, 0.25) is 11.7 Å². The molecule has 1 aromatic heterocycles. The van der Waals surface area contributed by atoms with Gasteiger partial charge in [-0.15, -0.1) is 0 Å². The van der Waals surface area contributed by atoms with E-state index in [-0.39, 0.29) is 11.8 Å². The van der Waals surface area contributed by atoms with Crippen LogP contribution >= 0.6 is 0 Å². The Kier molecular flexibility index (Phi) is 3.66. The molecule has 0 bridgehead atoms. The van der Waals surface area contributed by atoms with Crippen LogP contribution in [0.5, 0.6) is 0 Å². The van der Waals surface area contributed by atoms with Crippen molar-refractivity contribution in [3.8, 4) is 0 Å². The summed E-state index contributed by atoms with van der Waals surface area (Å²) in [5, 5.41) is 3.49. The van der Waals surface area contributed by atoms with Crippen molar-refractivity contribution in [2.24, 2.45) is 5.92 Å². The Morgan fingerprint density at radius 1 is 1.44 bits per heavy atom. The maximum atomic E-state index is 11.9. The molecule has 0 aliphatic carbocycles. The lowest BCUT2D eigenvalue weighted by atomic mass is 10.1. The van der Waals surface area contributed by atoms with Gasteiger partial charge >= 0.3 is 6.18 Å². The highest BCUT2D eigenvalue weighted by atomic mass is 19.4. The molecule has 0 fully saturated rings. The van der Waals surface area contributed by atoms with E-state index in [1.54, 1.807) is 0 Å². The molecule has 1 heterocycles. The molecule has 0 amide bonds. The van der Waals surface area contributed by atoms with Gasteiger partial charge < -0.3 is 4.52 Å². The van der Waals surface area contributed by atoms with E-state index in [0.29, 0.717) is 12.2 Å². The maximum Gasteiger partial charge on any atom is 0.450 e. The van der Waals surface area contributed by atoms with Crippen molar-refractivity contribution in [1.29, 1.82) is 0 Å². The lowest BCUT2D eigenvalue weighted by Crippen LogP contribution is -2.24. The Labute approximate surface area is 89.8 Å². The molecule has 1 aromatic rings. The number of Topliss-reactive ketones (excluding diaryl/α,β-unsaturated/α-hetero) is 1. The van der Waals surface area contributed by atoms with Gasteiger partial charge in [-0.2, -0.15) is 18.2 Å². The second-order valence-corrected chi connectivity index (χ2v) is 3.80. The zero-order chi connectivity index (χ0) is 12.3. The molecule has 7 heteroatoms. The molecule has 0 spiro atoms. The number of rotatable bonds is 4. The summed E-state index contributed by atoms with van der Waals surface area (Å²) in [5.41, 5.74) is 0. The summed E-state index contributed by atoms with van der Waals surface area (Å²) in [6.07, 6.45) is -5.25. The molecule has 0 saturated heterocycles. The second-order valence-electron chi connectivity index (χ2n) is 3.80. The third-order valence-corrected chi connectivity index (χ3v) is 1.73. The number of carbonyl (C=O) groups excluding carboxylic acids is 1. The van der Waals surface area contributed by atoms with Crippen LogP contribution in [0.25, 0.3) is 0 Å². The van der Waals surface area contributed by atoms with Gasteiger partial charge in [-0.05, 0) is 5.92 Å². The first kappa shape index (κ1) is 12.7. The fourth-order valence-electron chi connectivity index (χ4n) is 1.05. The molecular weight excluding hydrogens is 225 g/mol. The molecular formula is C9H11F3N2O2. The normalized spacial score (nSPS) is 12.1. The van der Waals surface area contributed by atoms with E-state index in [0.717, 1.165) is 0 Å². The predicted octanol–water partition coefficient (Wildman–Crippen LogP) is 1.94. The molecule has 0 aromatic carbocycles. The highest BCUT2D eigenvalue weighted by molar-refractivity contribution is 5.85. The van der Waals surface area contributed by atoms with Crippen LogP contribution in [0.3, 0.4) is 0 Å². The van der Waals surface area contributed by atoms with Crippen LogP contribution in [0.4, 0.5) is 13.2 Å². The van der Waals surface area contributed by atoms with Crippen molar-refractivity contribution in [2.75, 3.05) is 0 Å². The van der Waals surface area contributed by atoms with Gasteiger partial charge in [-0.25, -0.2) is 0 Å². The summed E-state index contributed by atoms with van der Waals surface area (Å²) in [4.78, 5) is 14.3. The third kappa shape index (κ3) is 3.63. The molecule has 0 unspecified atom stereocenters. The summed E-state index contributed by atoms with van der Waals surface area (Å²) in [6, 6.07) is 0. The average Bonchev–Trinajstić information content (AvgIpc) is 2.49. The van der Waals surface area contributed by atoms with Crippen molar-refractivity contribution in [1.82, 2.24) is 10.1 Å². The van der Waals surface area contributed by atoms with Crippen molar-refractivity contribution in [3.05, 3.63) is 11.7 Å². The van der Waals surface area contributed by atoms with Gasteiger partial charge in [0, 0.05) is 6.42 Å². The number of hydrogen-bond acceptors (Lipinski definition) is 4. The Hall–Kier alpha value is -1.40. The standard InChI is InChI=1S/C9H11F3N2O2/c1-5(2)3-7-13-8(16-14-7)4-6(15)9(10,11)12/h5H,3-4H2,1-2H3. The Morgan fingerprint density at radius 3 is 2.56 bits per heavy atom. The number of nitrogens with zero attached hydrogens (tertiary/aromatic N) is 2. The quantitative estimate of drug-likeness (QED) is 0.801. The SMILES string of the molecule is CC(C)Cc1noc(CC(=O)C(F)(F)F)n1. The average molecular weight is 236 g/mol. The minimum atomic E-state index is -4.85. The van der Waals surface area contributed by atoms with Gasteiger partial charge in [0.25, 0.3) is 0 Å². The topological polar surface area (TPSA) is 56.0 Å². The minimum absolute atomic E-state index is 0.267. The van der Waals surface area contributed by atoms with Crippen molar-refractivity contribution >= 4 is 5.78 Å². The van der Waals surface area contributed by atoms with Crippen molar-refractivity contribution in [2.45, 2.75) is 32.9 Å². The molecule has 0 aliphatic rings. The Balaban J connectivity index is 2.62. The second kappa shape index (κ2) is 4.63. The molecule has 90 valence electrons. The van der Waals surface area contributed by atoms with Crippen LogP contribution in [-0.4, -0.2) is 22.1 Å². The number of ketones is 1. The molecule has 4 nitrogen and oxygen atoms in total. The highest BCUT2D eigenvalue weighted by Gasteiger charge is 2.39. The van der Waals surface area contributed by atoms with Crippen LogP contribution in [-0.2, 0) is 17.6 Å². The molecule has 16 heavy (non-hydrogen) atoms. The molecule has 0 aliphatic heterocycles. The van der Waals surface area contributed by atoms with Gasteiger partial charge in [0.05, 0.1) is 6.42 Å². The molecule has 0 N–H and O–H groups in total. The maximum absolute atomic E-state index is 11.9. The van der Waals surface area contributed by atoms with Crippen molar-refractivity contribution in [3.63, 3.8) is 0 Å². The number of halogens is 3. The van der Waals surface area contributed by atoms with E-state index in [1.807, 2.05) is 13.8 Å². The number of hydrogen-bond donors (Lipinski definition) is 0. The fourth-order valence-corrected chi connectivity index (χ4v) is 1.05. The summed E-state index contributed by atoms with van der Waals surface area (Å²) in [7, 11) is 0. The molecule has 0 saturated carbocycles.